The fraction of sp³-hybridized carbons (Fsp3) is 0.500. The number of aromatic nitrogens is 1. The molecule has 1 aliphatic rings. The number of hydrogen-bond acceptors (Lipinski definition) is 2. The van der Waals surface area contributed by atoms with E-state index in [0.717, 1.165) is 17.2 Å². The molecule has 0 spiro atoms. The van der Waals surface area contributed by atoms with Crippen LogP contribution in [0.25, 0.3) is 11.3 Å². The molecule has 1 aromatic carbocycles. The summed E-state index contributed by atoms with van der Waals surface area (Å²) in [6.45, 7) is -0.534. The minimum absolute atomic E-state index is 0.167. The SMILES string of the molecule is CCCCC1CCC(c2ccc(-c3ccc(OC(F)F)cc3)nc2)CC1. The highest BCUT2D eigenvalue weighted by Crippen LogP contribution is 2.37. The van der Waals surface area contributed by atoms with Gasteiger partial charge >= 0.3 is 6.61 Å². The number of unbranched alkanes of at least 4 members (excludes halogenated alkanes) is 1. The van der Waals surface area contributed by atoms with Gasteiger partial charge in [-0.25, -0.2) is 0 Å². The number of alkyl halides is 2. The predicted octanol–water partition coefficient (Wildman–Crippen LogP) is 6.81. The molecule has 1 heterocycles. The third kappa shape index (κ3) is 5.03. The van der Waals surface area contributed by atoms with Crippen LogP contribution in [0.5, 0.6) is 5.75 Å². The summed E-state index contributed by atoms with van der Waals surface area (Å²) in [5, 5.41) is 0. The van der Waals surface area contributed by atoms with E-state index in [0.29, 0.717) is 5.92 Å². The fourth-order valence-corrected chi connectivity index (χ4v) is 3.90. The lowest BCUT2D eigenvalue weighted by atomic mass is 9.77. The smallest absolute Gasteiger partial charge is 0.387 e. The third-order valence-corrected chi connectivity index (χ3v) is 5.45. The Morgan fingerprint density at radius 3 is 2.35 bits per heavy atom. The first kappa shape index (κ1) is 18.8. The molecule has 1 aliphatic carbocycles. The molecule has 2 aromatic rings. The van der Waals surface area contributed by atoms with E-state index >= 15 is 0 Å². The van der Waals surface area contributed by atoms with E-state index in [9.17, 15) is 8.78 Å². The van der Waals surface area contributed by atoms with E-state index in [1.165, 1.54) is 50.5 Å². The van der Waals surface area contributed by atoms with Gasteiger partial charge in [0.05, 0.1) is 5.69 Å². The number of rotatable bonds is 7. The number of benzene rings is 1. The van der Waals surface area contributed by atoms with Gasteiger partial charge in [0.15, 0.2) is 0 Å². The first-order chi connectivity index (χ1) is 12.7. The monoisotopic (exact) mass is 359 g/mol. The molecule has 1 fully saturated rings. The van der Waals surface area contributed by atoms with Crippen molar-refractivity contribution >= 4 is 0 Å². The molecule has 26 heavy (non-hydrogen) atoms. The summed E-state index contributed by atoms with van der Waals surface area (Å²) in [6, 6.07) is 10.8. The number of halogens is 2. The van der Waals surface area contributed by atoms with Gasteiger partial charge < -0.3 is 4.74 Å². The largest absolute Gasteiger partial charge is 0.435 e. The van der Waals surface area contributed by atoms with Crippen LogP contribution in [0.15, 0.2) is 42.6 Å². The van der Waals surface area contributed by atoms with Crippen LogP contribution >= 0.6 is 0 Å². The minimum atomic E-state index is -2.80. The number of hydrogen-bond donors (Lipinski definition) is 0. The highest BCUT2D eigenvalue weighted by Gasteiger charge is 2.22. The molecule has 0 amide bonds. The van der Waals surface area contributed by atoms with Crippen LogP contribution in [0.2, 0.25) is 0 Å². The van der Waals surface area contributed by atoms with E-state index in [4.69, 9.17) is 0 Å². The molecule has 4 heteroatoms. The van der Waals surface area contributed by atoms with Gasteiger partial charge in [-0.15, -0.1) is 0 Å². The second-order valence-electron chi connectivity index (χ2n) is 7.24. The lowest BCUT2D eigenvalue weighted by Gasteiger charge is -2.28. The van der Waals surface area contributed by atoms with E-state index < -0.39 is 6.61 Å². The van der Waals surface area contributed by atoms with Crippen molar-refractivity contribution in [1.29, 1.82) is 0 Å². The molecular formula is C22H27F2NO. The Labute approximate surface area is 154 Å². The van der Waals surface area contributed by atoms with Crippen LogP contribution in [0.3, 0.4) is 0 Å². The van der Waals surface area contributed by atoms with E-state index in [1.54, 1.807) is 24.3 Å². The molecule has 0 bridgehead atoms. The maximum absolute atomic E-state index is 12.2. The maximum Gasteiger partial charge on any atom is 0.387 e. The molecule has 0 radical (unpaired) electrons. The van der Waals surface area contributed by atoms with Crippen molar-refractivity contribution in [2.24, 2.45) is 5.92 Å². The first-order valence-corrected chi connectivity index (χ1v) is 9.67. The van der Waals surface area contributed by atoms with E-state index in [1.807, 2.05) is 12.3 Å². The van der Waals surface area contributed by atoms with Crippen molar-refractivity contribution in [1.82, 2.24) is 4.98 Å². The van der Waals surface area contributed by atoms with Crippen LogP contribution in [0, 0.1) is 5.92 Å². The van der Waals surface area contributed by atoms with Crippen LogP contribution in [-0.4, -0.2) is 11.6 Å². The zero-order valence-corrected chi connectivity index (χ0v) is 15.3. The van der Waals surface area contributed by atoms with Gasteiger partial charge in [-0.05, 0) is 73.4 Å². The molecule has 0 atom stereocenters. The molecule has 2 nitrogen and oxygen atoms in total. The van der Waals surface area contributed by atoms with Crippen molar-refractivity contribution in [3.05, 3.63) is 48.2 Å². The third-order valence-electron chi connectivity index (χ3n) is 5.45. The van der Waals surface area contributed by atoms with Crippen molar-refractivity contribution in [3.63, 3.8) is 0 Å². The van der Waals surface area contributed by atoms with E-state index in [2.05, 4.69) is 22.7 Å². The average molecular weight is 359 g/mol. The molecule has 0 saturated heterocycles. The molecule has 1 aromatic heterocycles. The summed E-state index contributed by atoms with van der Waals surface area (Å²) in [7, 11) is 0. The van der Waals surface area contributed by atoms with Gasteiger partial charge in [0, 0.05) is 11.8 Å². The normalized spacial score (nSPS) is 20.3. The zero-order chi connectivity index (χ0) is 18.4. The molecule has 0 unspecified atom stereocenters. The standard InChI is InChI=1S/C22H27F2NO/c1-2-3-4-16-5-7-17(8-6-16)19-11-14-21(25-15-19)18-9-12-20(13-10-18)26-22(23)24/h9-17,22H,2-8H2,1H3. The summed E-state index contributed by atoms with van der Waals surface area (Å²) in [5.41, 5.74) is 3.08. The van der Waals surface area contributed by atoms with Gasteiger partial charge in [0.2, 0.25) is 0 Å². The van der Waals surface area contributed by atoms with Crippen molar-refractivity contribution in [2.45, 2.75) is 64.4 Å². The first-order valence-electron chi connectivity index (χ1n) is 9.67. The maximum atomic E-state index is 12.2. The topological polar surface area (TPSA) is 22.1 Å². The predicted molar refractivity (Wildman–Crippen MR) is 101 cm³/mol. The fourth-order valence-electron chi connectivity index (χ4n) is 3.90. The molecular weight excluding hydrogens is 332 g/mol. The van der Waals surface area contributed by atoms with Crippen LogP contribution < -0.4 is 4.74 Å². The Morgan fingerprint density at radius 2 is 1.77 bits per heavy atom. The molecule has 0 N–H and O–H groups in total. The van der Waals surface area contributed by atoms with Gasteiger partial charge in [-0.2, -0.15) is 8.78 Å². The molecule has 0 aliphatic heterocycles. The van der Waals surface area contributed by atoms with Gasteiger partial charge in [0.25, 0.3) is 0 Å². The van der Waals surface area contributed by atoms with Gasteiger partial charge in [-0.1, -0.05) is 32.3 Å². The minimum Gasteiger partial charge on any atom is -0.435 e. The molecule has 3 rings (SSSR count). The number of pyridine rings is 1. The van der Waals surface area contributed by atoms with E-state index in [-0.39, 0.29) is 5.75 Å². The molecule has 1 saturated carbocycles. The summed E-state index contributed by atoms with van der Waals surface area (Å²) in [4.78, 5) is 4.59. The Hall–Kier alpha value is -1.97. The van der Waals surface area contributed by atoms with Crippen LogP contribution in [0.4, 0.5) is 8.78 Å². The molecule has 140 valence electrons. The quantitative estimate of drug-likeness (QED) is 0.541. The van der Waals surface area contributed by atoms with Crippen LogP contribution in [0.1, 0.15) is 63.4 Å². The summed E-state index contributed by atoms with van der Waals surface area (Å²) < 4.78 is 28.8. The average Bonchev–Trinajstić information content (AvgIpc) is 2.67. The van der Waals surface area contributed by atoms with Gasteiger partial charge in [-0.3, -0.25) is 4.98 Å². The highest BCUT2D eigenvalue weighted by atomic mass is 19.3. The zero-order valence-electron chi connectivity index (χ0n) is 15.3. The van der Waals surface area contributed by atoms with Crippen molar-refractivity contribution < 1.29 is 13.5 Å². The summed E-state index contributed by atoms with van der Waals surface area (Å²) in [5.74, 6) is 1.70. The summed E-state index contributed by atoms with van der Waals surface area (Å²) >= 11 is 0. The van der Waals surface area contributed by atoms with Gasteiger partial charge in [0.1, 0.15) is 5.75 Å². The summed E-state index contributed by atoms with van der Waals surface area (Å²) in [6.07, 6.45) is 11.2. The lowest BCUT2D eigenvalue weighted by Crippen LogP contribution is -2.13. The van der Waals surface area contributed by atoms with Crippen molar-refractivity contribution in [3.8, 4) is 17.0 Å². The Balaban J connectivity index is 1.58. The Kier molecular flexibility index (Phi) is 6.59. The lowest BCUT2D eigenvalue weighted by molar-refractivity contribution is -0.0498. The second-order valence-corrected chi connectivity index (χ2v) is 7.24. The number of ether oxygens (including phenoxy) is 1. The Bertz CT molecular complexity index is 662. The number of nitrogens with zero attached hydrogens (tertiary/aromatic N) is 1. The van der Waals surface area contributed by atoms with Crippen molar-refractivity contribution in [2.75, 3.05) is 0 Å². The second kappa shape index (κ2) is 9.11. The Morgan fingerprint density at radius 1 is 1.04 bits per heavy atom. The van der Waals surface area contributed by atoms with Crippen LogP contribution in [-0.2, 0) is 0 Å². The highest BCUT2D eigenvalue weighted by molar-refractivity contribution is 5.60.